The van der Waals surface area contributed by atoms with Crippen molar-refractivity contribution in [3.05, 3.63) is 52.8 Å². The second kappa shape index (κ2) is 12.1. The molecule has 3 heterocycles. The number of rotatable bonds is 6. The fraction of sp³-hybridized carbons (Fsp3) is 0.633. The summed E-state index contributed by atoms with van der Waals surface area (Å²) in [7, 11) is 0. The highest BCUT2D eigenvalue weighted by Gasteiger charge is 2.23. The van der Waals surface area contributed by atoms with Crippen LogP contribution in [0.25, 0.3) is 0 Å². The van der Waals surface area contributed by atoms with E-state index in [0.29, 0.717) is 12.1 Å². The van der Waals surface area contributed by atoms with Gasteiger partial charge < -0.3 is 14.8 Å². The Morgan fingerprint density at radius 1 is 0.886 bits per heavy atom. The molecule has 5 heteroatoms. The normalized spacial score (nSPS) is 15.8. The van der Waals surface area contributed by atoms with Crippen molar-refractivity contribution in [2.45, 2.75) is 99.9 Å². The quantitative estimate of drug-likeness (QED) is 0.555. The molecule has 2 aliphatic heterocycles. The van der Waals surface area contributed by atoms with Crippen molar-refractivity contribution in [2.75, 3.05) is 18.4 Å². The highest BCUT2D eigenvalue weighted by molar-refractivity contribution is 5.78. The third kappa shape index (κ3) is 7.36. The molecule has 0 bridgehead atoms. The van der Waals surface area contributed by atoms with Crippen LogP contribution in [0.3, 0.4) is 0 Å². The first-order chi connectivity index (χ1) is 16.5. The van der Waals surface area contributed by atoms with Gasteiger partial charge in [0.25, 0.3) is 0 Å². The Balaban J connectivity index is 0.000000198. The number of anilines is 1. The van der Waals surface area contributed by atoms with E-state index in [-0.39, 0.29) is 11.8 Å². The van der Waals surface area contributed by atoms with Gasteiger partial charge in [0, 0.05) is 67.8 Å². The van der Waals surface area contributed by atoms with Gasteiger partial charge in [-0.15, -0.1) is 0 Å². The lowest BCUT2D eigenvalue weighted by Gasteiger charge is -2.32. The fourth-order valence-corrected chi connectivity index (χ4v) is 5.06. The molecule has 2 aromatic rings. The molecule has 1 aromatic carbocycles. The van der Waals surface area contributed by atoms with Gasteiger partial charge in [-0.25, -0.2) is 0 Å². The van der Waals surface area contributed by atoms with Crippen LogP contribution in [-0.2, 0) is 37.3 Å². The van der Waals surface area contributed by atoms with Crippen LogP contribution in [-0.4, -0.2) is 45.4 Å². The Labute approximate surface area is 213 Å². The fourth-order valence-electron chi connectivity index (χ4n) is 5.06. The molecule has 0 aliphatic carbocycles. The highest BCUT2D eigenvalue weighted by atomic mass is 16.2. The maximum atomic E-state index is 12.0. The summed E-state index contributed by atoms with van der Waals surface area (Å²) < 4.78 is 2.53. The van der Waals surface area contributed by atoms with E-state index in [0.717, 1.165) is 32.0 Å². The summed E-state index contributed by atoms with van der Waals surface area (Å²) in [4.78, 5) is 16.6. The third-order valence-corrected chi connectivity index (χ3v) is 6.96. The van der Waals surface area contributed by atoms with Crippen LogP contribution < -0.4 is 5.32 Å². The number of hydrogen-bond acceptors (Lipinski definition) is 3. The van der Waals surface area contributed by atoms with E-state index in [4.69, 9.17) is 0 Å². The van der Waals surface area contributed by atoms with Crippen molar-refractivity contribution in [2.24, 2.45) is 11.8 Å². The molecule has 1 N–H and O–H groups in total. The Morgan fingerprint density at radius 2 is 1.63 bits per heavy atom. The monoisotopic (exact) mass is 480 g/mol. The smallest absolute Gasteiger partial charge is 0.225 e. The van der Waals surface area contributed by atoms with E-state index in [1.54, 1.807) is 0 Å². The molecule has 0 spiro atoms. The van der Waals surface area contributed by atoms with Crippen molar-refractivity contribution in [3.8, 4) is 0 Å². The van der Waals surface area contributed by atoms with Crippen LogP contribution in [0, 0.1) is 11.8 Å². The lowest BCUT2D eigenvalue weighted by atomic mass is 9.98. The maximum absolute atomic E-state index is 12.0. The molecule has 0 atom stereocenters. The van der Waals surface area contributed by atoms with Gasteiger partial charge in [-0.2, -0.15) is 0 Å². The van der Waals surface area contributed by atoms with Crippen LogP contribution in [0.1, 0.15) is 77.9 Å². The van der Waals surface area contributed by atoms with Crippen molar-refractivity contribution >= 4 is 11.6 Å². The number of nitrogens with one attached hydrogen (secondary N) is 1. The Bertz CT molecular complexity index is 973. The number of fused-ring (bicyclic) bond motifs is 2. The molecule has 2 aliphatic rings. The molecule has 5 nitrogen and oxygen atoms in total. The zero-order valence-corrected chi connectivity index (χ0v) is 23.4. The van der Waals surface area contributed by atoms with Crippen LogP contribution in [0.4, 0.5) is 5.69 Å². The van der Waals surface area contributed by atoms with Gasteiger partial charge in [0.1, 0.15) is 0 Å². The molecule has 0 fully saturated rings. The second-order valence-corrected chi connectivity index (χ2v) is 11.6. The molecular formula is C30H48N4O. The van der Waals surface area contributed by atoms with Gasteiger partial charge in [-0.1, -0.05) is 33.8 Å². The molecular weight excluding hydrogens is 432 g/mol. The molecule has 0 saturated carbocycles. The topological polar surface area (TPSA) is 40.5 Å². The molecule has 194 valence electrons. The van der Waals surface area contributed by atoms with Gasteiger partial charge in [0.2, 0.25) is 5.91 Å². The molecule has 0 saturated heterocycles. The summed E-state index contributed by atoms with van der Waals surface area (Å²) >= 11 is 0. The van der Waals surface area contributed by atoms with E-state index >= 15 is 0 Å². The Kier molecular flexibility index (Phi) is 9.46. The van der Waals surface area contributed by atoms with Crippen LogP contribution in [0.5, 0.6) is 0 Å². The van der Waals surface area contributed by atoms with Gasteiger partial charge in [0.05, 0.1) is 0 Å². The molecule has 4 rings (SSSR count). The minimum absolute atomic E-state index is 0.0865. The molecule has 35 heavy (non-hydrogen) atoms. The number of aromatic nitrogens is 1. The van der Waals surface area contributed by atoms with E-state index in [1.165, 1.54) is 47.7 Å². The average molecular weight is 481 g/mol. The summed E-state index contributed by atoms with van der Waals surface area (Å²) in [6.07, 6.45) is 2.17. The van der Waals surface area contributed by atoms with E-state index in [1.807, 2.05) is 18.7 Å². The summed E-state index contributed by atoms with van der Waals surface area (Å²) in [5, 5.41) is 3.43. The second-order valence-electron chi connectivity index (χ2n) is 11.6. The van der Waals surface area contributed by atoms with Crippen LogP contribution >= 0.6 is 0 Å². The highest BCUT2D eigenvalue weighted by Crippen LogP contribution is 2.24. The van der Waals surface area contributed by atoms with Crippen molar-refractivity contribution < 1.29 is 4.79 Å². The molecule has 0 radical (unpaired) electrons. The summed E-state index contributed by atoms with van der Waals surface area (Å²) in [5.41, 5.74) is 6.86. The predicted octanol–water partition coefficient (Wildman–Crippen LogP) is 5.96. The minimum Gasteiger partial charge on any atom is -0.383 e. The number of amides is 1. The number of hydrogen-bond donors (Lipinski definition) is 1. The van der Waals surface area contributed by atoms with E-state index in [2.05, 4.69) is 86.7 Å². The predicted molar refractivity (Wildman–Crippen MR) is 148 cm³/mol. The number of nitrogens with zero attached hydrogens (tertiary/aromatic N) is 3. The lowest BCUT2D eigenvalue weighted by molar-refractivity contribution is -0.135. The first-order valence-corrected chi connectivity index (χ1v) is 13.6. The van der Waals surface area contributed by atoms with Crippen molar-refractivity contribution in [1.82, 2.24) is 14.4 Å². The van der Waals surface area contributed by atoms with Gasteiger partial charge in [-0.05, 0) is 81.8 Å². The first-order valence-electron chi connectivity index (χ1n) is 13.6. The summed E-state index contributed by atoms with van der Waals surface area (Å²) in [5.74, 6) is 1.10. The van der Waals surface area contributed by atoms with Gasteiger partial charge >= 0.3 is 0 Å². The zero-order valence-electron chi connectivity index (χ0n) is 23.4. The van der Waals surface area contributed by atoms with E-state index in [9.17, 15) is 4.79 Å². The number of carbonyl (C=O) groups excluding carboxylic acids is 1. The number of carbonyl (C=O) groups is 1. The first kappa shape index (κ1) is 27.3. The van der Waals surface area contributed by atoms with E-state index < -0.39 is 0 Å². The summed E-state index contributed by atoms with van der Waals surface area (Å²) in [6, 6.07) is 12.2. The molecule has 0 unspecified atom stereocenters. The van der Waals surface area contributed by atoms with Crippen LogP contribution in [0.15, 0.2) is 30.3 Å². The SMILES string of the molecule is CC(C)Cc1ccc2n1CCN(C(C)C)C2.CC(C)Nc1ccc2c(c1)CCN(C(=O)C(C)C)C2. The Morgan fingerprint density at radius 3 is 2.26 bits per heavy atom. The Hall–Kier alpha value is -2.27. The van der Waals surface area contributed by atoms with Crippen LogP contribution in [0.2, 0.25) is 0 Å². The van der Waals surface area contributed by atoms with Gasteiger partial charge in [-0.3, -0.25) is 9.69 Å². The largest absolute Gasteiger partial charge is 0.383 e. The maximum Gasteiger partial charge on any atom is 0.225 e. The molecule has 1 aromatic heterocycles. The third-order valence-electron chi connectivity index (χ3n) is 6.96. The van der Waals surface area contributed by atoms with Crippen molar-refractivity contribution in [3.63, 3.8) is 0 Å². The summed E-state index contributed by atoms with van der Waals surface area (Å²) in [6.45, 7) is 22.5. The minimum atomic E-state index is 0.0865. The number of benzene rings is 1. The van der Waals surface area contributed by atoms with Gasteiger partial charge in [0.15, 0.2) is 0 Å². The lowest BCUT2D eigenvalue weighted by Crippen LogP contribution is -2.38. The standard InChI is InChI=1S/C16H24N2O.C14H24N2/c1-11(2)16(19)18-8-7-13-9-15(17-12(3)4)6-5-14(13)10-18;1-11(2)9-13-5-6-14-10-15(12(3)4)7-8-16(13)14/h5-6,9,11-12,17H,7-8,10H2,1-4H3;5-6,11-12H,7-10H2,1-4H3. The molecule has 1 amide bonds. The zero-order chi connectivity index (χ0) is 25.7. The average Bonchev–Trinajstić information content (AvgIpc) is 3.19. The van der Waals surface area contributed by atoms with Crippen molar-refractivity contribution in [1.29, 1.82) is 0 Å².